The van der Waals surface area contributed by atoms with Crippen LogP contribution in [-0.2, 0) is 6.54 Å². The molecule has 0 aliphatic heterocycles. The second-order valence-corrected chi connectivity index (χ2v) is 7.01. The SMILES string of the molecule is CC(=O)c1cc(-c2ncc(F)c(NCCCCC(O)O)n2)nn1Cc1ccccc1F. The molecule has 0 saturated carbocycles. The van der Waals surface area contributed by atoms with Crippen LogP contribution < -0.4 is 5.32 Å². The maximum Gasteiger partial charge on any atom is 0.183 e. The molecule has 8 nitrogen and oxygen atoms in total. The molecule has 31 heavy (non-hydrogen) atoms. The molecule has 10 heteroatoms. The third-order valence-electron chi connectivity index (χ3n) is 4.57. The van der Waals surface area contributed by atoms with Gasteiger partial charge in [0.05, 0.1) is 12.7 Å². The molecule has 3 aromatic rings. The first kappa shape index (κ1) is 22.4. The molecule has 1 aromatic carbocycles. The highest BCUT2D eigenvalue weighted by molar-refractivity contribution is 5.93. The molecule has 2 heterocycles. The molecule has 0 unspecified atom stereocenters. The standard InChI is InChI=1S/C21H23F2N5O3/c1-13(29)18-10-17(27-28(18)12-14-6-2-3-7-15(14)22)21-25-11-16(23)20(26-21)24-9-5-4-8-19(30)31/h2-3,6-7,10-11,19,30-31H,4-5,8-9,12H2,1H3,(H,24,25,26). The van der Waals surface area contributed by atoms with Crippen molar-refractivity contribution in [2.75, 3.05) is 11.9 Å². The Balaban J connectivity index is 1.80. The lowest BCUT2D eigenvalue weighted by Crippen LogP contribution is -2.10. The van der Waals surface area contributed by atoms with Crippen LogP contribution in [0.25, 0.3) is 11.5 Å². The molecule has 3 N–H and O–H groups in total. The minimum atomic E-state index is -1.36. The smallest absolute Gasteiger partial charge is 0.183 e. The third kappa shape index (κ3) is 5.89. The van der Waals surface area contributed by atoms with Crippen molar-refractivity contribution in [3.05, 3.63) is 59.4 Å². The van der Waals surface area contributed by atoms with Gasteiger partial charge in [-0.05, 0) is 31.4 Å². The number of aromatic nitrogens is 4. The number of carbonyl (C=O) groups is 1. The molecular formula is C21H23F2N5O3. The highest BCUT2D eigenvalue weighted by Gasteiger charge is 2.17. The zero-order valence-electron chi connectivity index (χ0n) is 16.9. The van der Waals surface area contributed by atoms with Crippen molar-refractivity contribution in [2.45, 2.75) is 39.0 Å². The number of rotatable bonds is 10. The van der Waals surface area contributed by atoms with Crippen LogP contribution in [0.5, 0.6) is 0 Å². The predicted molar refractivity (Wildman–Crippen MR) is 109 cm³/mol. The van der Waals surface area contributed by atoms with Crippen molar-refractivity contribution < 1.29 is 23.8 Å². The van der Waals surface area contributed by atoms with Crippen molar-refractivity contribution in [2.24, 2.45) is 0 Å². The van der Waals surface area contributed by atoms with Gasteiger partial charge in [-0.2, -0.15) is 5.10 Å². The first-order valence-corrected chi connectivity index (χ1v) is 9.80. The number of hydrogen-bond donors (Lipinski definition) is 3. The normalized spacial score (nSPS) is 11.2. The maximum atomic E-state index is 14.1. The molecule has 2 aromatic heterocycles. The number of aliphatic hydroxyl groups excluding tert-OH is 1. The molecular weight excluding hydrogens is 408 g/mol. The van der Waals surface area contributed by atoms with E-state index in [2.05, 4.69) is 20.4 Å². The number of aliphatic hydroxyl groups is 2. The molecule has 0 aliphatic rings. The average molecular weight is 431 g/mol. The fourth-order valence-electron chi connectivity index (χ4n) is 2.99. The summed E-state index contributed by atoms with van der Waals surface area (Å²) in [6, 6.07) is 7.69. The summed E-state index contributed by atoms with van der Waals surface area (Å²) in [6.45, 7) is 1.80. The Bertz CT molecular complexity index is 1060. The second kappa shape index (κ2) is 10.2. The largest absolute Gasteiger partial charge is 0.368 e. The van der Waals surface area contributed by atoms with Crippen molar-refractivity contribution in [1.82, 2.24) is 19.7 Å². The van der Waals surface area contributed by atoms with E-state index in [0.717, 1.165) is 6.20 Å². The quantitative estimate of drug-likeness (QED) is 0.257. The van der Waals surface area contributed by atoms with Gasteiger partial charge >= 0.3 is 0 Å². The molecule has 0 atom stereocenters. The minimum absolute atomic E-state index is 0.0254. The lowest BCUT2D eigenvalue weighted by Gasteiger charge is -2.08. The third-order valence-corrected chi connectivity index (χ3v) is 4.57. The van der Waals surface area contributed by atoms with E-state index in [1.165, 1.54) is 23.7 Å². The first-order valence-electron chi connectivity index (χ1n) is 9.80. The summed E-state index contributed by atoms with van der Waals surface area (Å²) >= 11 is 0. The molecule has 0 spiro atoms. The predicted octanol–water partition coefficient (Wildman–Crippen LogP) is 2.76. The highest BCUT2D eigenvalue weighted by atomic mass is 19.1. The zero-order valence-corrected chi connectivity index (χ0v) is 16.9. The van der Waals surface area contributed by atoms with Gasteiger partial charge in [-0.15, -0.1) is 0 Å². The minimum Gasteiger partial charge on any atom is -0.368 e. The van der Waals surface area contributed by atoms with E-state index < -0.39 is 17.9 Å². The summed E-state index contributed by atoms with van der Waals surface area (Å²) in [5.41, 5.74) is 0.881. The summed E-state index contributed by atoms with van der Waals surface area (Å²) in [5.74, 6) is -1.23. The lowest BCUT2D eigenvalue weighted by atomic mass is 10.2. The Morgan fingerprint density at radius 2 is 1.97 bits per heavy atom. The van der Waals surface area contributed by atoms with Crippen LogP contribution in [0.2, 0.25) is 0 Å². The van der Waals surface area contributed by atoms with Gasteiger partial charge in [-0.1, -0.05) is 18.2 Å². The lowest BCUT2D eigenvalue weighted by molar-refractivity contribution is -0.0463. The van der Waals surface area contributed by atoms with Crippen LogP contribution in [0.1, 0.15) is 42.2 Å². The van der Waals surface area contributed by atoms with Crippen molar-refractivity contribution in [3.8, 4) is 11.5 Å². The van der Waals surface area contributed by atoms with Crippen LogP contribution in [0.15, 0.2) is 36.5 Å². The molecule has 164 valence electrons. The van der Waals surface area contributed by atoms with E-state index in [1.807, 2.05) is 0 Å². The monoisotopic (exact) mass is 431 g/mol. The number of ketones is 1. The van der Waals surface area contributed by atoms with Crippen molar-refractivity contribution in [1.29, 1.82) is 0 Å². The van der Waals surface area contributed by atoms with Gasteiger partial charge in [-0.25, -0.2) is 18.7 Å². The number of anilines is 1. The molecule has 0 saturated heterocycles. The van der Waals surface area contributed by atoms with Gasteiger partial charge in [0.25, 0.3) is 0 Å². The Labute approximate surface area is 177 Å². The van der Waals surface area contributed by atoms with Crippen LogP contribution >= 0.6 is 0 Å². The van der Waals surface area contributed by atoms with Crippen LogP contribution in [0, 0.1) is 11.6 Å². The topological polar surface area (TPSA) is 113 Å². The summed E-state index contributed by atoms with van der Waals surface area (Å²) in [4.78, 5) is 20.2. The molecule has 0 amide bonds. The fraction of sp³-hybridized carbons (Fsp3) is 0.333. The Kier molecular flexibility index (Phi) is 7.37. The van der Waals surface area contributed by atoms with Crippen molar-refractivity contribution in [3.63, 3.8) is 0 Å². The Morgan fingerprint density at radius 1 is 1.19 bits per heavy atom. The van der Waals surface area contributed by atoms with Gasteiger partial charge in [0.1, 0.15) is 17.2 Å². The van der Waals surface area contributed by atoms with Crippen molar-refractivity contribution >= 4 is 11.6 Å². The molecule has 0 fully saturated rings. The maximum absolute atomic E-state index is 14.1. The molecule has 0 aliphatic carbocycles. The average Bonchev–Trinajstić information content (AvgIpc) is 3.15. The number of Topliss-reactive ketones (excluding diaryl/α,β-unsaturated/α-hetero) is 1. The van der Waals surface area contributed by atoms with Gasteiger partial charge in [0.2, 0.25) is 0 Å². The number of unbranched alkanes of at least 4 members (excludes halogenated alkanes) is 1. The van der Waals surface area contributed by atoms with E-state index >= 15 is 0 Å². The number of carbonyl (C=O) groups excluding carboxylic acids is 1. The summed E-state index contributed by atoms with van der Waals surface area (Å²) in [7, 11) is 0. The number of halogens is 2. The first-order chi connectivity index (χ1) is 14.8. The Morgan fingerprint density at radius 3 is 2.68 bits per heavy atom. The number of nitrogens with one attached hydrogen (secondary N) is 1. The van der Waals surface area contributed by atoms with Crippen LogP contribution in [0.3, 0.4) is 0 Å². The molecule has 0 radical (unpaired) electrons. The Hall–Kier alpha value is -3.24. The van der Waals surface area contributed by atoms with E-state index in [-0.39, 0.29) is 41.8 Å². The van der Waals surface area contributed by atoms with Gasteiger partial charge in [0, 0.05) is 19.0 Å². The van der Waals surface area contributed by atoms with Crippen LogP contribution in [-0.4, -0.2) is 48.6 Å². The van der Waals surface area contributed by atoms with E-state index in [1.54, 1.807) is 18.2 Å². The van der Waals surface area contributed by atoms with E-state index in [4.69, 9.17) is 10.2 Å². The van der Waals surface area contributed by atoms with Gasteiger partial charge in [-0.3, -0.25) is 9.48 Å². The van der Waals surface area contributed by atoms with Gasteiger partial charge < -0.3 is 15.5 Å². The highest BCUT2D eigenvalue weighted by Crippen LogP contribution is 2.20. The van der Waals surface area contributed by atoms with Crippen LogP contribution in [0.4, 0.5) is 14.6 Å². The number of benzene rings is 1. The van der Waals surface area contributed by atoms with Gasteiger partial charge in [0.15, 0.2) is 29.5 Å². The summed E-state index contributed by atoms with van der Waals surface area (Å²) in [6.07, 6.45) is 1.00. The number of hydrogen-bond acceptors (Lipinski definition) is 7. The second-order valence-electron chi connectivity index (χ2n) is 7.01. The summed E-state index contributed by atoms with van der Waals surface area (Å²) in [5, 5.41) is 24.9. The molecule has 0 bridgehead atoms. The van der Waals surface area contributed by atoms with E-state index in [9.17, 15) is 13.6 Å². The fourth-order valence-corrected chi connectivity index (χ4v) is 2.99. The number of nitrogens with zero attached hydrogens (tertiary/aromatic N) is 4. The zero-order chi connectivity index (χ0) is 22.4. The van der Waals surface area contributed by atoms with E-state index in [0.29, 0.717) is 24.9 Å². The molecule has 3 rings (SSSR count). The summed E-state index contributed by atoms with van der Waals surface area (Å²) < 4.78 is 29.5.